The molecule has 2 atom stereocenters. The molecule has 214 valence electrons. The van der Waals surface area contributed by atoms with E-state index < -0.39 is 28.5 Å². The number of amides is 2. The van der Waals surface area contributed by atoms with Crippen LogP contribution in [-0.4, -0.2) is 50.9 Å². The minimum Gasteiger partial charge on any atom is -0.497 e. The first-order valence-corrected chi connectivity index (χ1v) is 14.9. The van der Waals surface area contributed by atoms with E-state index in [9.17, 15) is 18.0 Å². The molecule has 0 aliphatic heterocycles. The molecule has 0 bridgehead atoms. The second kappa shape index (κ2) is 13.9. The smallest absolute Gasteiger partial charge is 0.264 e. The highest BCUT2D eigenvalue weighted by Crippen LogP contribution is 2.27. The van der Waals surface area contributed by atoms with Gasteiger partial charge in [-0.2, -0.15) is 0 Å². The number of ether oxygens (including phenoxy) is 1. The van der Waals surface area contributed by atoms with Gasteiger partial charge in [0.2, 0.25) is 11.8 Å². The highest BCUT2D eigenvalue weighted by atomic mass is 35.5. The molecule has 0 radical (unpaired) electrons. The monoisotopic (exact) mass is 605 g/mol. The molecule has 3 rings (SSSR count). The van der Waals surface area contributed by atoms with Crippen molar-refractivity contribution in [3.05, 3.63) is 88.4 Å². The van der Waals surface area contributed by atoms with Crippen molar-refractivity contribution in [1.82, 2.24) is 10.2 Å². The number of hydrogen-bond acceptors (Lipinski definition) is 5. The quantitative estimate of drug-likeness (QED) is 0.293. The van der Waals surface area contributed by atoms with E-state index in [1.807, 2.05) is 13.8 Å². The van der Waals surface area contributed by atoms with Gasteiger partial charge in [-0.3, -0.25) is 13.9 Å². The van der Waals surface area contributed by atoms with Crippen LogP contribution in [0.4, 0.5) is 5.69 Å². The van der Waals surface area contributed by atoms with E-state index in [4.69, 9.17) is 27.9 Å². The number of carbonyl (C=O) groups is 2. The van der Waals surface area contributed by atoms with Gasteiger partial charge in [-0.05, 0) is 74.4 Å². The fraction of sp³-hybridized carbons (Fsp3) is 0.310. The number of methoxy groups -OCH3 is 1. The third-order valence-electron chi connectivity index (χ3n) is 6.49. The van der Waals surface area contributed by atoms with Gasteiger partial charge in [0.15, 0.2) is 0 Å². The molecular formula is C29H33Cl2N3O5S. The summed E-state index contributed by atoms with van der Waals surface area (Å²) in [5.41, 5.74) is 0.823. The fourth-order valence-corrected chi connectivity index (χ4v) is 5.78. The van der Waals surface area contributed by atoms with Gasteiger partial charge in [0, 0.05) is 22.6 Å². The summed E-state index contributed by atoms with van der Waals surface area (Å²) in [5.74, 6) is -0.427. The van der Waals surface area contributed by atoms with Crippen LogP contribution in [0.2, 0.25) is 10.0 Å². The molecular weight excluding hydrogens is 573 g/mol. The Hall–Kier alpha value is -3.27. The minimum absolute atomic E-state index is 0.0217. The predicted molar refractivity (Wildman–Crippen MR) is 158 cm³/mol. The van der Waals surface area contributed by atoms with Crippen LogP contribution in [-0.2, 0) is 26.2 Å². The van der Waals surface area contributed by atoms with E-state index in [1.54, 1.807) is 67.6 Å². The van der Waals surface area contributed by atoms with Crippen LogP contribution in [0.25, 0.3) is 0 Å². The molecule has 11 heteroatoms. The van der Waals surface area contributed by atoms with Crippen molar-refractivity contribution < 1.29 is 22.7 Å². The summed E-state index contributed by atoms with van der Waals surface area (Å²) in [6, 6.07) is 18.0. The van der Waals surface area contributed by atoms with Crippen LogP contribution in [0.3, 0.4) is 0 Å². The van der Waals surface area contributed by atoms with Gasteiger partial charge >= 0.3 is 0 Å². The lowest BCUT2D eigenvalue weighted by atomic mass is 10.1. The van der Waals surface area contributed by atoms with Crippen molar-refractivity contribution in [2.45, 2.75) is 50.7 Å². The molecule has 0 heterocycles. The zero-order chi connectivity index (χ0) is 29.4. The normalized spacial score (nSPS) is 12.8. The van der Waals surface area contributed by atoms with Gasteiger partial charge in [0.1, 0.15) is 18.3 Å². The lowest BCUT2D eigenvalue weighted by Gasteiger charge is -2.32. The van der Waals surface area contributed by atoms with Crippen LogP contribution in [0.1, 0.15) is 32.8 Å². The average Bonchev–Trinajstić information content (AvgIpc) is 2.95. The number of anilines is 1. The Morgan fingerprint density at radius 1 is 0.975 bits per heavy atom. The topological polar surface area (TPSA) is 96.0 Å². The number of halogens is 2. The second-order valence-corrected chi connectivity index (χ2v) is 12.0. The Balaban J connectivity index is 2.04. The third-order valence-corrected chi connectivity index (χ3v) is 8.87. The Morgan fingerprint density at radius 3 is 2.20 bits per heavy atom. The summed E-state index contributed by atoms with van der Waals surface area (Å²) in [5, 5.41) is 3.64. The molecule has 0 fully saturated rings. The van der Waals surface area contributed by atoms with E-state index in [1.165, 1.54) is 24.1 Å². The molecule has 3 aromatic rings. The molecule has 0 spiro atoms. The highest BCUT2D eigenvalue weighted by molar-refractivity contribution is 7.92. The van der Waals surface area contributed by atoms with E-state index >= 15 is 0 Å². The number of hydrogen-bond donors (Lipinski definition) is 1. The molecule has 40 heavy (non-hydrogen) atoms. The Bertz CT molecular complexity index is 1420. The average molecular weight is 607 g/mol. The first-order valence-electron chi connectivity index (χ1n) is 12.7. The molecule has 0 aliphatic carbocycles. The van der Waals surface area contributed by atoms with Gasteiger partial charge in [-0.1, -0.05) is 54.4 Å². The number of rotatable bonds is 12. The maximum Gasteiger partial charge on any atom is 0.264 e. The number of nitrogens with one attached hydrogen (secondary N) is 1. The van der Waals surface area contributed by atoms with Gasteiger partial charge in [-0.15, -0.1) is 0 Å². The number of sulfonamides is 1. The van der Waals surface area contributed by atoms with Gasteiger partial charge in [0.25, 0.3) is 10.0 Å². The highest BCUT2D eigenvalue weighted by Gasteiger charge is 2.33. The van der Waals surface area contributed by atoms with Gasteiger partial charge < -0.3 is 15.0 Å². The van der Waals surface area contributed by atoms with Crippen molar-refractivity contribution >= 4 is 50.7 Å². The van der Waals surface area contributed by atoms with E-state index in [0.29, 0.717) is 27.8 Å². The van der Waals surface area contributed by atoms with E-state index in [-0.39, 0.29) is 29.1 Å². The molecule has 1 N–H and O–H groups in total. The van der Waals surface area contributed by atoms with Gasteiger partial charge in [-0.25, -0.2) is 8.42 Å². The molecule has 8 nitrogen and oxygen atoms in total. The lowest BCUT2D eigenvalue weighted by Crippen LogP contribution is -2.52. The zero-order valence-corrected chi connectivity index (χ0v) is 25.1. The van der Waals surface area contributed by atoms with Crippen LogP contribution >= 0.6 is 23.2 Å². The maximum absolute atomic E-state index is 14.0. The van der Waals surface area contributed by atoms with Crippen molar-refractivity contribution in [2.75, 3.05) is 18.0 Å². The molecule has 3 aromatic carbocycles. The van der Waals surface area contributed by atoms with Crippen molar-refractivity contribution in [3.63, 3.8) is 0 Å². The van der Waals surface area contributed by atoms with Crippen LogP contribution in [0.5, 0.6) is 5.75 Å². The third kappa shape index (κ3) is 7.68. The van der Waals surface area contributed by atoms with Crippen LogP contribution in [0, 0.1) is 0 Å². The van der Waals surface area contributed by atoms with Crippen LogP contribution < -0.4 is 14.4 Å². The second-order valence-electron chi connectivity index (χ2n) is 9.27. The summed E-state index contributed by atoms with van der Waals surface area (Å²) in [7, 11) is -2.65. The molecule has 0 saturated carbocycles. The number of benzene rings is 3. The van der Waals surface area contributed by atoms with Crippen molar-refractivity contribution in [1.29, 1.82) is 0 Å². The molecule has 2 amide bonds. The van der Waals surface area contributed by atoms with Crippen molar-refractivity contribution in [3.8, 4) is 5.75 Å². The van der Waals surface area contributed by atoms with Gasteiger partial charge in [0.05, 0.1) is 17.7 Å². The summed E-state index contributed by atoms with van der Waals surface area (Å²) in [6.45, 7) is 4.81. The maximum atomic E-state index is 14.0. The number of nitrogens with zero attached hydrogens (tertiary/aromatic N) is 2. The molecule has 0 aromatic heterocycles. The Labute approximate surface area is 245 Å². The Kier molecular flexibility index (Phi) is 10.8. The van der Waals surface area contributed by atoms with E-state index in [0.717, 1.165) is 4.31 Å². The first-order chi connectivity index (χ1) is 19.0. The molecule has 0 saturated heterocycles. The van der Waals surface area contributed by atoms with E-state index in [2.05, 4.69) is 5.32 Å². The molecule has 0 unspecified atom stereocenters. The SMILES string of the molecule is CC[C@H](C)NC(=O)[C@H](C)N(Cc1ccc(Cl)cc1Cl)C(=O)CN(c1ccc(OC)cc1)S(=O)(=O)c1ccccc1. The number of carbonyl (C=O) groups excluding carboxylic acids is 2. The summed E-state index contributed by atoms with van der Waals surface area (Å²) >= 11 is 12.5. The standard InChI is InChI=1S/C29H33Cl2N3O5S/c1-5-20(2)32-29(36)21(3)33(18-22-11-12-23(30)17-27(22)31)28(35)19-34(24-13-15-25(39-4)16-14-24)40(37,38)26-9-7-6-8-10-26/h6-17,20-21H,5,18-19H2,1-4H3,(H,32,36)/t20-,21-/m0/s1. The zero-order valence-electron chi connectivity index (χ0n) is 22.8. The summed E-state index contributed by atoms with van der Waals surface area (Å²) in [6.07, 6.45) is 0.704. The lowest BCUT2D eigenvalue weighted by molar-refractivity contribution is -0.139. The first kappa shape index (κ1) is 31.3. The fourth-order valence-electron chi connectivity index (χ4n) is 3.88. The molecule has 0 aliphatic rings. The largest absolute Gasteiger partial charge is 0.497 e. The van der Waals surface area contributed by atoms with Crippen LogP contribution in [0.15, 0.2) is 77.7 Å². The summed E-state index contributed by atoms with van der Waals surface area (Å²) in [4.78, 5) is 28.4. The predicted octanol–water partition coefficient (Wildman–Crippen LogP) is 5.53. The summed E-state index contributed by atoms with van der Waals surface area (Å²) < 4.78 is 33.8. The Morgan fingerprint density at radius 2 is 1.62 bits per heavy atom. The minimum atomic E-state index is -4.16. The van der Waals surface area contributed by atoms with Crippen molar-refractivity contribution in [2.24, 2.45) is 0 Å².